The second kappa shape index (κ2) is 6.16. The number of thiophene rings is 1. The molecule has 5 heteroatoms. The van der Waals surface area contributed by atoms with Crippen LogP contribution in [0.15, 0.2) is 24.3 Å². The molecule has 1 aliphatic carbocycles. The van der Waals surface area contributed by atoms with E-state index in [4.69, 9.17) is 0 Å². The van der Waals surface area contributed by atoms with Crippen molar-refractivity contribution >= 4 is 28.2 Å². The molecular formula is C18H19NO3S. The number of aryl methyl sites for hydroxylation is 1. The molecular weight excluding hydrogens is 310 g/mol. The number of fused-ring (bicyclic) bond motifs is 1. The maximum absolute atomic E-state index is 12.4. The second-order valence-electron chi connectivity index (χ2n) is 6.18. The van der Waals surface area contributed by atoms with E-state index in [0.29, 0.717) is 16.5 Å². The summed E-state index contributed by atoms with van der Waals surface area (Å²) in [6.45, 7) is 4.13. The van der Waals surface area contributed by atoms with Gasteiger partial charge in [-0.05, 0) is 49.8 Å². The van der Waals surface area contributed by atoms with E-state index in [-0.39, 0.29) is 11.5 Å². The number of benzene rings is 1. The van der Waals surface area contributed by atoms with Gasteiger partial charge < -0.3 is 10.4 Å². The minimum Gasteiger partial charge on any atom is -0.478 e. The topological polar surface area (TPSA) is 66.4 Å². The zero-order chi connectivity index (χ0) is 16.6. The Morgan fingerprint density at radius 3 is 2.61 bits per heavy atom. The molecule has 3 rings (SSSR count). The number of anilines is 1. The van der Waals surface area contributed by atoms with Crippen molar-refractivity contribution in [1.29, 1.82) is 0 Å². The molecule has 1 aliphatic rings. The van der Waals surface area contributed by atoms with E-state index in [1.165, 1.54) is 11.3 Å². The molecule has 23 heavy (non-hydrogen) atoms. The maximum atomic E-state index is 12.4. The highest BCUT2D eigenvalue weighted by molar-refractivity contribution is 7.17. The summed E-state index contributed by atoms with van der Waals surface area (Å²) < 4.78 is 0. The highest BCUT2D eigenvalue weighted by Gasteiger charge is 2.28. The number of hydrogen-bond donors (Lipinski definition) is 2. The van der Waals surface area contributed by atoms with E-state index in [1.807, 2.05) is 19.1 Å². The predicted molar refractivity (Wildman–Crippen MR) is 91.6 cm³/mol. The highest BCUT2D eigenvalue weighted by atomic mass is 32.1. The average Bonchev–Trinajstić information content (AvgIpc) is 2.84. The van der Waals surface area contributed by atoms with E-state index in [9.17, 15) is 14.7 Å². The molecule has 2 aromatic rings. The van der Waals surface area contributed by atoms with Gasteiger partial charge in [0.25, 0.3) is 5.91 Å². The van der Waals surface area contributed by atoms with Crippen LogP contribution in [0.25, 0.3) is 0 Å². The number of aromatic carboxylic acids is 1. The summed E-state index contributed by atoms with van der Waals surface area (Å²) in [5, 5.41) is 12.8. The molecule has 1 aromatic carbocycles. The van der Waals surface area contributed by atoms with Crippen LogP contribution in [0.5, 0.6) is 0 Å². The first-order valence-corrected chi connectivity index (χ1v) is 8.53. The van der Waals surface area contributed by atoms with E-state index in [0.717, 1.165) is 35.3 Å². The first-order valence-electron chi connectivity index (χ1n) is 7.71. The third-order valence-corrected chi connectivity index (χ3v) is 5.44. The van der Waals surface area contributed by atoms with Gasteiger partial charge >= 0.3 is 5.97 Å². The van der Waals surface area contributed by atoms with Gasteiger partial charge in [-0.15, -0.1) is 11.3 Å². The van der Waals surface area contributed by atoms with E-state index in [1.54, 1.807) is 12.1 Å². The molecule has 1 amide bonds. The quantitative estimate of drug-likeness (QED) is 0.889. The number of carbonyl (C=O) groups is 2. The molecule has 0 fully saturated rings. The lowest BCUT2D eigenvalue weighted by molar-refractivity contribution is 0.0697. The summed E-state index contributed by atoms with van der Waals surface area (Å²) in [4.78, 5) is 25.1. The molecule has 1 heterocycles. The van der Waals surface area contributed by atoms with Crippen molar-refractivity contribution in [3.05, 3.63) is 51.4 Å². The molecule has 0 radical (unpaired) electrons. The molecule has 1 aromatic heterocycles. The monoisotopic (exact) mass is 329 g/mol. The Bertz CT molecular complexity index is 761. The van der Waals surface area contributed by atoms with Crippen LogP contribution in [-0.4, -0.2) is 17.0 Å². The molecule has 0 saturated carbocycles. The minimum atomic E-state index is -0.962. The standard InChI is InChI=1S/C18H19NO3S/c1-10-3-6-12(7-4-10)16(20)19-17-15(18(21)22)13-8-5-11(2)9-14(13)23-17/h3-4,6-7,11H,5,8-9H2,1-2H3,(H,19,20)(H,21,22). The zero-order valence-corrected chi connectivity index (χ0v) is 14.0. The molecule has 2 N–H and O–H groups in total. The number of nitrogens with one attached hydrogen (secondary N) is 1. The number of carboxylic acid groups (broad SMARTS) is 1. The molecule has 0 saturated heterocycles. The number of rotatable bonds is 3. The van der Waals surface area contributed by atoms with E-state index in [2.05, 4.69) is 12.2 Å². The largest absolute Gasteiger partial charge is 0.478 e. The molecule has 1 unspecified atom stereocenters. The van der Waals surface area contributed by atoms with Crippen molar-refractivity contribution in [2.45, 2.75) is 33.1 Å². The fourth-order valence-corrected chi connectivity index (χ4v) is 4.34. The lowest BCUT2D eigenvalue weighted by Gasteiger charge is -2.17. The third kappa shape index (κ3) is 3.15. The fraction of sp³-hybridized carbons (Fsp3) is 0.333. The average molecular weight is 329 g/mol. The van der Waals surface area contributed by atoms with Crippen molar-refractivity contribution in [3.63, 3.8) is 0 Å². The summed E-state index contributed by atoms with van der Waals surface area (Å²) in [6, 6.07) is 7.24. The van der Waals surface area contributed by atoms with Gasteiger partial charge in [0, 0.05) is 10.4 Å². The first-order chi connectivity index (χ1) is 11.0. The van der Waals surface area contributed by atoms with Crippen LogP contribution in [0.1, 0.15) is 50.1 Å². The van der Waals surface area contributed by atoms with Gasteiger partial charge in [0.05, 0.1) is 5.56 Å². The Balaban J connectivity index is 1.92. The van der Waals surface area contributed by atoms with Gasteiger partial charge in [0.15, 0.2) is 0 Å². The van der Waals surface area contributed by atoms with E-state index < -0.39 is 5.97 Å². The molecule has 1 atom stereocenters. The lowest BCUT2D eigenvalue weighted by Crippen LogP contribution is -2.15. The fourth-order valence-electron chi connectivity index (χ4n) is 2.95. The summed E-state index contributed by atoms with van der Waals surface area (Å²) in [7, 11) is 0. The number of carbonyl (C=O) groups excluding carboxylic acids is 1. The second-order valence-corrected chi connectivity index (χ2v) is 7.29. The Morgan fingerprint density at radius 2 is 1.96 bits per heavy atom. The van der Waals surface area contributed by atoms with Gasteiger partial charge in [-0.25, -0.2) is 4.79 Å². The van der Waals surface area contributed by atoms with Crippen molar-refractivity contribution < 1.29 is 14.7 Å². The third-order valence-electron chi connectivity index (χ3n) is 4.27. The van der Waals surface area contributed by atoms with Crippen LogP contribution in [0.2, 0.25) is 0 Å². The SMILES string of the molecule is Cc1ccc(C(=O)Nc2sc3c(c2C(=O)O)CCC(C)C3)cc1. The van der Waals surface area contributed by atoms with Gasteiger partial charge in [0.1, 0.15) is 5.00 Å². The van der Waals surface area contributed by atoms with Crippen LogP contribution in [-0.2, 0) is 12.8 Å². The number of hydrogen-bond acceptors (Lipinski definition) is 3. The van der Waals surface area contributed by atoms with Gasteiger partial charge in [-0.1, -0.05) is 24.6 Å². The molecule has 0 bridgehead atoms. The van der Waals surface area contributed by atoms with Gasteiger partial charge in [-0.3, -0.25) is 4.79 Å². The van der Waals surface area contributed by atoms with Gasteiger partial charge in [-0.2, -0.15) is 0 Å². The predicted octanol–water partition coefficient (Wildman–Crippen LogP) is 4.13. The lowest BCUT2D eigenvalue weighted by atomic mass is 9.88. The zero-order valence-electron chi connectivity index (χ0n) is 13.2. The molecule has 0 spiro atoms. The molecule has 0 aliphatic heterocycles. The Hall–Kier alpha value is -2.14. The number of amides is 1. The first kappa shape index (κ1) is 15.7. The van der Waals surface area contributed by atoms with Crippen molar-refractivity contribution in [1.82, 2.24) is 0 Å². The van der Waals surface area contributed by atoms with Crippen LogP contribution in [0.3, 0.4) is 0 Å². The molecule has 120 valence electrons. The van der Waals surface area contributed by atoms with Crippen LogP contribution >= 0.6 is 11.3 Å². The van der Waals surface area contributed by atoms with Crippen LogP contribution < -0.4 is 5.32 Å². The summed E-state index contributed by atoms with van der Waals surface area (Å²) >= 11 is 1.41. The smallest absolute Gasteiger partial charge is 0.339 e. The summed E-state index contributed by atoms with van der Waals surface area (Å²) in [5.41, 5.74) is 2.79. The van der Waals surface area contributed by atoms with Crippen LogP contribution in [0.4, 0.5) is 5.00 Å². The van der Waals surface area contributed by atoms with Gasteiger partial charge in [0.2, 0.25) is 0 Å². The Labute approximate surface area is 139 Å². The summed E-state index contributed by atoms with van der Waals surface area (Å²) in [6.07, 6.45) is 2.66. The Kier molecular flexibility index (Phi) is 4.22. The number of carboxylic acids is 1. The highest BCUT2D eigenvalue weighted by Crippen LogP contribution is 2.39. The molecule has 4 nitrogen and oxygen atoms in total. The van der Waals surface area contributed by atoms with E-state index >= 15 is 0 Å². The Morgan fingerprint density at radius 1 is 1.26 bits per heavy atom. The van der Waals surface area contributed by atoms with Crippen molar-refractivity contribution in [2.24, 2.45) is 5.92 Å². The summed E-state index contributed by atoms with van der Waals surface area (Å²) in [5.74, 6) is -0.668. The minimum absolute atomic E-state index is 0.265. The van der Waals surface area contributed by atoms with Crippen LogP contribution in [0, 0.1) is 12.8 Å². The maximum Gasteiger partial charge on any atom is 0.339 e. The van der Waals surface area contributed by atoms with Crippen molar-refractivity contribution in [2.75, 3.05) is 5.32 Å². The van der Waals surface area contributed by atoms with Crippen molar-refractivity contribution in [3.8, 4) is 0 Å². The normalized spacial score (nSPS) is 16.7.